The molecule has 2 heterocycles. The van der Waals surface area contributed by atoms with Crippen molar-refractivity contribution in [1.29, 1.82) is 0 Å². The number of hydrogen-bond acceptors (Lipinski definition) is 3. The zero-order valence-corrected chi connectivity index (χ0v) is 17.4. The van der Waals surface area contributed by atoms with Crippen LogP contribution in [0, 0.1) is 6.92 Å². The zero-order chi connectivity index (χ0) is 19.7. The first kappa shape index (κ1) is 18.7. The number of pyridine rings is 1. The molecule has 0 aliphatic carbocycles. The van der Waals surface area contributed by atoms with E-state index in [9.17, 15) is 4.79 Å². The molecule has 0 bridgehead atoms. The van der Waals surface area contributed by atoms with Crippen LogP contribution in [0.1, 0.15) is 27.2 Å². The van der Waals surface area contributed by atoms with Crippen molar-refractivity contribution >= 4 is 39.0 Å². The lowest BCUT2D eigenvalue weighted by molar-refractivity contribution is 0.103. The lowest BCUT2D eigenvalue weighted by Gasteiger charge is -2.10. The fourth-order valence-electron chi connectivity index (χ4n) is 2.96. The highest BCUT2D eigenvalue weighted by molar-refractivity contribution is 9.10. The molecule has 0 radical (unpaired) electrons. The maximum Gasteiger partial charge on any atom is 0.193 e. The van der Waals surface area contributed by atoms with Crippen LogP contribution in [0.25, 0.3) is 5.65 Å². The molecule has 0 saturated carbocycles. The molecule has 0 fully saturated rings. The number of fused-ring (bicyclic) bond motifs is 1. The maximum atomic E-state index is 12.6. The Labute approximate surface area is 175 Å². The third-order valence-corrected chi connectivity index (χ3v) is 5.76. The summed E-state index contributed by atoms with van der Waals surface area (Å²) in [6.07, 6.45) is 1.92. The number of ether oxygens (including phenoxy) is 1. The van der Waals surface area contributed by atoms with Crippen LogP contribution in [0.4, 0.5) is 0 Å². The van der Waals surface area contributed by atoms with Crippen molar-refractivity contribution in [2.75, 3.05) is 0 Å². The Morgan fingerprint density at radius 1 is 1.11 bits per heavy atom. The lowest BCUT2D eigenvalue weighted by Crippen LogP contribution is -2.03. The second-order valence-electron chi connectivity index (χ2n) is 6.34. The van der Waals surface area contributed by atoms with Gasteiger partial charge in [0.1, 0.15) is 11.2 Å². The number of aromatic nitrogens is 2. The van der Waals surface area contributed by atoms with Gasteiger partial charge >= 0.3 is 0 Å². The zero-order valence-electron chi connectivity index (χ0n) is 15.0. The summed E-state index contributed by atoms with van der Waals surface area (Å²) in [5.41, 5.74) is 3.61. The summed E-state index contributed by atoms with van der Waals surface area (Å²) >= 11 is 9.94. The van der Waals surface area contributed by atoms with Crippen molar-refractivity contribution in [3.63, 3.8) is 0 Å². The molecule has 0 aliphatic rings. The molecule has 28 heavy (non-hydrogen) atoms. The highest BCUT2D eigenvalue weighted by Gasteiger charge is 2.13. The first-order valence-electron chi connectivity index (χ1n) is 8.69. The van der Waals surface area contributed by atoms with E-state index >= 15 is 0 Å². The summed E-state index contributed by atoms with van der Waals surface area (Å²) in [5.74, 6) is 0.606. The van der Waals surface area contributed by atoms with E-state index in [2.05, 4.69) is 20.9 Å². The van der Waals surface area contributed by atoms with Gasteiger partial charge in [-0.05, 0) is 41.1 Å². The Balaban J connectivity index is 1.55. The topological polar surface area (TPSA) is 43.6 Å². The SMILES string of the molecule is Cc1nc2c(OCc3ccc(C(=O)c4ccccc4)cc3Cl)cccn2c1Br. The van der Waals surface area contributed by atoms with Crippen LogP contribution in [0.2, 0.25) is 5.02 Å². The predicted octanol–water partition coefficient (Wildman–Crippen LogP) is 5.87. The normalized spacial score (nSPS) is 11.0. The van der Waals surface area contributed by atoms with Gasteiger partial charge in [0, 0.05) is 27.9 Å². The second kappa shape index (κ2) is 7.78. The molecule has 0 N–H and O–H groups in total. The molecule has 4 rings (SSSR count). The second-order valence-corrected chi connectivity index (χ2v) is 7.50. The van der Waals surface area contributed by atoms with E-state index in [4.69, 9.17) is 16.3 Å². The van der Waals surface area contributed by atoms with Gasteiger partial charge in [0.05, 0.1) is 5.69 Å². The fraction of sp³-hybridized carbons (Fsp3) is 0.0909. The van der Waals surface area contributed by atoms with E-state index in [1.165, 1.54) is 0 Å². The number of carbonyl (C=O) groups excluding carboxylic acids is 1. The van der Waals surface area contributed by atoms with Crippen molar-refractivity contribution in [3.05, 3.63) is 98.9 Å². The van der Waals surface area contributed by atoms with Crippen LogP contribution in [-0.2, 0) is 6.61 Å². The smallest absolute Gasteiger partial charge is 0.193 e. The van der Waals surface area contributed by atoms with Gasteiger partial charge in [0.25, 0.3) is 0 Å². The molecular weight excluding hydrogens is 440 g/mol. The average Bonchev–Trinajstić information content (AvgIpc) is 3.02. The number of imidazole rings is 1. The van der Waals surface area contributed by atoms with E-state index < -0.39 is 0 Å². The number of halogens is 2. The van der Waals surface area contributed by atoms with Crippen LogP contribution >= 0.6 is 27.5 Å². The third-order valence-electron chi connectivity index (χ3n) is 4.45. The van der Waals surface area contributed by atoms with Gasteiger partial charge < -0.3 is 4.74 Å². The van der Waals surface area contributed by atoms with Crippen LogP contribution in [0.5, 0.6) is 5.75 Å². The van der Waals surface area contributed by atoms with Crippen LogP contribution in [0.3, 0.4) is 0 Å². The van der Waals surface area contributed by atoms with Crippen molar-refractivity contribution in [3.8, 4) is 5.75 Å². The average molecular weight is 456 g/mol. The summed E-state index contributed by atoms with van der Waals surface area (Å²) in [7, 11) is 0. The van der Waals surface area contributed by atoms with E-state index in [1.54, 1.807) is 24.3 Å². The van der Waals surface area contributed by atoms with Crippen molar-refractivity contribution in [1.82, 2.24) is 9.38 Å². The molecule has 2 aromatic carbocycles. The Morgan fingerprint density at radius 3 is 2.64 bits per heavy atom. The Kier molecular flexibility index (Phi) is 5.20. The number of aryl methyl sites for hydroxylation is 1. The van der Waals surface area contributed by atoms with Gasteiger partial charge in [-0.1, -0.05) is 54.1 Å². The standard InChI is InChI=1S/C22H16BrClN2O2/c1-14-21(23)26-11-5-8-19(22(26)25-14)28-13-17-10-9-16(12-18(17)24)20(27)15-6-3-2-4-7-15/h2-12H,13H2,1H3. The number of benzene rings is 2. The first-order chi connectivity index (χ1) is 13.5. The quantitative estimate of drug-likeness (QED) is 0.354. The van der Waals surface area contributed by atoms with Crippen LogP contribution in [-0.4, -0.2) is 15.2 Å². The number of hydrogen-bond donors (Lipinski definition) is 0. The van der Waals surface area contributed by atoms with Gasteiger partial charge in [0.15, 0.2) is 17.2 Å². The molecule has 0 atom stereocenters. The molecular formula is C22H16BrClN2O2. The molecule has 140 valence electrons. The van der Waals surface area contributed by atoms with Crippen molar-refractivity contribution in [2.24, 2.45) is 0 Å². The molecule has 0 saturated heterocycles. The highest BCUT2D eigenvalue weighted by Crippen LogP contribution is 2.27. The third kappa shape index (κ3) is 3.55. The molecule has 4 nitrogen and oxygen atoms in total. The molecule has 2 aromatic heterocycles. The summed E-state index contributed by atoms with van der Waals surface area (Å²) in [5, 5.41) is 0.495. The van der Waals surface area contributed by atoms with Crippen LogP contribution < -0.4 is 4.74 Å². The van der Waals surface area contributed by atoms with Crippen molar-refractivity contribution < 1.29 is 9.53 Å². The van der Waals surface area contributed by atoms with E-state index in [1.807, 2.05) is 53.9 Å². The minimum Gasteiger partial charge on any atom is -0.485 e. The molecule has 6 heteroatoms. The number of nitrogens with zero attached hydrogens (tertiary/aromatic N) is 2. The van der Waals surface area contributed by atoms with Crippen molar-refractivity contribution in [2.45, 2.75) is 13.5 Å². The minimum atomic E-state index is -0.0579. The fourth-order valence-corrected chi connectivity index (χ4v) is 3.57. The summed E-state index contributed by atoms with van der Waals surface area (Å²) in [4.78, 5) is 17.1. The molecule has 0 aliphatic heterocycles. The Morgan fingerprint density at radius 2 is 1.89 bits per heavy atom. The van der Waals surface area contributed by atoms with Gasteiger partial charge in [0.2, 0.25) is 0 Å². The van der Waals surface area contributed by atoms with Gasteiger partial charge in [-0.15, -0.1) is 0 Å². The first-order valence-corrected chi connectivity index (χ1v) is 9.86. The maximum absolute atomic E-state index is 12.6. The predicted molar refractivity (Wildman–Crippen MR) is 113 cm³/mol. The van der Waals surface area contributed by atoms with E-state index in [0.717, 1.165) is 21.5 Å². The van der Waals surface area contributed by atoms with E-state index in [-0.39, 0.29) is 12.4 Å². The molecule has 0 unspecified atom stereocenters. The van der Waals surface area contributed by atoms with Gasteiger partial charge in [-0.3, -0.25) is 9.20 Å². The van der Waals surface area contributed by atoms with Gasteiger partial charge in [-0.25, -0.2) is 4.98 Å². The molecule has 0 amide bonds. The summed E-state index contributed by atoms with van der Waals surface area (Å²) in [6.45, 7) is 2.21. The number of rotatable bonds is 5. The van der Waals surface area contributed by atoms with Crippen LogP contribution in [0.15, 0.2) is 71.5 Å². The lowest BCUT2D eigenvalue weighted by atomic mass is 10.0. The monoisotopic (exact) mass is 454 g/mol. The minimum absolute atomic E-state index is 0.0579. The number of carbonyl (C=O) groups is 1. The number of ketones is 1. The Hall–Kier alpha value is -2.63. The van der Waals surface area contributed by atoms with Gasteiger partial charge in [-0.2, -0.15) is 0 Å². The highest BCUT2D eigenvalue weighted by atomic mass is 79.9. The van der Waals surface area contributed by atoms with E-state index in [0.29, 0.717) is 21.9 Å². The largest absolute Gasteiger partial charge is 0.485 e. The molecule has 4 aromatic rings. The Bertz CT molecular complexity index is 1170. The molecule has 0 spiro atoms. The summed E-state index contributed by atoms with van der Waals surface area (Å²) in [6, 6.07) is 18.2. The summed E-state index contributed by atoms with van der Waals surface area (Å²) < 4.78 is 8.79.